The van der Waals surface area contributed by atoms with Gasteiger partial charge < -0.3 is 33.7 Å². The van der Waals surface area contributed by atoms with Crippen molar-refractivity contribution in [3.8, 4) is 17.2 Å². The molecule has 0 aliphatic rings. The van der Waals surface area contributed by atoms with E-state index < -0.39 is 5.91 Å². The number of carbonyl (C=O) groups excluding carboxylic acids is 1. The normalized spacial score (nSPS) is 10.7. The van der Waals surface area contributed by atoms with Gasteiger partial charge in [-0.1, -0.05) is 60.1 Å². The highest BCUT2D eigenvalue weighted by molar-refractivity contribution is 6.33. The van der Waals surface area contributed by atoms with Gasteiger partial charge in [0.05, 0.1) is 30.9 Å². The molecule has 3 aromatic rings. The van der Waals surface area contributed by atoms with Gasteiger partial charge in [0.2, 0.25) is 0 Å². The summed E-state index contributed by atoms with van der Waals surface area (Å²) in [6.07, 6.45) is 0. The molecular formula is C27H30ClNO7. The van der Waals surface area contributed by atoms with E-state index in [0.717, 1.165) is 11.1 Å². The molecule has 9 heteroatoms. The number of carbonyl (C=O) groups is 1. The lowest BCUT2D eigenvalue weighted by Gasteiger charge is -2.20. The minimum Gasteiger partial charge on any atom is -0.496 e. The highest BCUT2D eigenvalue weighted by Crippen LogP contribution is 2.38. The smallest absolute Gasteiger partial charge is 0.255 e. The Kier molecular flexibility index (Phi) is 10.8. The van der Waals surface area contributed by atoms with Crippen LogP contribution < -0.4 is 19.5 Å². The van der Waals surface area contributed by atoms with E-state index in [9.17, 15) is 4.79 Å². The van der Waals surface area contributed by atoms with Gasteiger partial charge in [0.25, 0.3) is 5.91 Å². The third kappa shape index (κ3) is 7.35. The molecule has 0 saturated carbocycles. The molecular weight excluding hydrogens is 486 g/mol. The number of amides is 1. The van der Waals surface area contributed by atoms with Crippen molar-refractivity contribution in [1.29, 1.82) is 0 Å². The quantitative estimate of drug-likeness (QED) is 0.304. The molecule has 0 unspecified atom stereocenters. The summed E-state index contributed by atoms with van der Waals surface area (Å²) >= 11 is 6.70. The minimum absolute atomic E-state index is 0.0346. The number of halogens is 1. The van der Waals surface area contributed by atoms with Crippen molar-refractivity contribution < 1.29 is 33.2 Å². The molecule has 1 N–H and O–H groups in total. The number of rotatable bonds is 14. The third-order valence-electron chi connectivity index (χ3n) is 5.17. The van der Waals surface area contributed by atoms with Gasteiger partial charge >= 0.3 is 0 Å². The predicted octanol–water partition coefficient (Wildman–Crippen LogP) is 4.96. The number of benzene rings is 3. The zero-order chi connectivity index (χ0) is 25.8. The maximum absolute atomic E-state index is 13.5. The summed E-state index contributed by atoms with van der Waals surface area (Å²) in [6, 6.07) is 18.7. The first-order chi connectivity index (χ1) is 17.6. The van der Waals surface area contributed by atoms with Crippen LogP contribution in [0.5, 0.6) is 17.2 Å². The zero-order valence-electron chi connectivity index (χ0n) is 20.5. The van der Waals surface area contributed by atoms with Crippen LogP contribution in [0.15, 0.2) is 60.7 Å². The Morgan fingerprint density at radius 3 is 2.19 bits per heavy atom. The number of nitrogens with one attached hydrogen (secondary N) is 1. The summed E-state index contributed by atoms with van der Waals surface area (Å²) in [5.41, 5.74) is 2.45. The molecule has 36 heavy (non-hydrogen) atoms. The average molecular weight is 516 g/mol. The van der Waals surface area contributed by atoms with Crippen LogP contribution in [0.4, 0.5) is 0 Å². The molecule has 0 bridgehead atoms. The van der Waals surface area contributed by atoms with E-state index in [2.05, 4.69) is 5.32 Å². The largest absolute Gasteiger partial charge is 0.496 e. The van der Waals surface area contributed by atoms with Crippen LogP contribution in [0.1, 0.15) is 27.0 Å². The highest BCUT2D eigenvalue weighted by atomic mass is 35.5. The molecule has 0 aliphatic heterocycles. The van der Waals surface area contributed by atoms with Crippen LogP contribution in [0.2, 0.25) is 5.02 Å². The summed E-state index contributed by atoms with van der Waals surface area (Å²) in [6.45, 7) is 0.488. The van der Waals surface area contributed by atoms with Crippen molar-refractivity contribution in [2.45, 2.75) is 19.8 Å². The molecule has 0 aliphatic carbocycles. The van der Waals surface area contributed by atoms with Crippen molar-refractivity contribution >= 4 is 17.5 Å². The lowest BCUT2D eigenvalue weighted by molar-refractivity contribution is 0.0447. The summed E-state index contributed by atoms with van der Waals surface area (Å²) in [5, 5.41) is 3.15. The van der Waals surface area contributed by atoms with E-state index in [1.165, 1.54) is 14.2 Å². The van der Waals surface area contributed by atoms with Crippen molar-refractivity contribution in [3.63, 3.8) is 0 Å². The third-order valence-corrected chi connectivity index (χ3v) is 5.59. The molecule has 0 atom stereocenters. The summed E-state index contributed by atoms with van der Waals surface area (Å²) in [7, 11) is 4.57. The van der Waals surface area contributed by atoms with Gasteiger partial charge in [-0.05, 0) is 11.6 Å². The van der Waals surface area contributed by atoms with Gasteiger partial charge in [0.1, 0.15) is 17.2 Å². The van der Waals surface area contributed by atoms with Gasteiger partial charge in [-0.25, -0.2) is 0 Å². The van der Waals surface area contributed by atoms with Crippen LogP contribution in [0.25, 0.3) is 0 Å². The van der Waals surface area contributed by atoms with E-state index >= 15 is 0 Å². The van der Waals surface area contributed by atoms with Gasteiger partial charge in [0.15, 0.2) is 13.6 Å². The van der Waals surface area contributed by atoms with Crippen molar-refractivity contribution in [1.82, 2.24) is 5.32 Å². The fraction of sp³-hybridized carbons (Fsp3) is 0.296. The second kappa shape index (κ2) is 14.3. The molecule has 3 rings (SSSR count). The van der Waals surface area contributed by atoms with E-state index in [1.54, 1.807) is 13.2 Å². The molecule has 0 aromatic heterocycles. The number of ether oxygens (including phenoxy) is 6. The lowest BCUT2D eigenvalue weighted by atomic mass is 10.0. The zero-order valence-corrected chi connectivity index (χ0v) is 21.3. The Labute approximate surface area is 216 Å². The fourth-order valence-corrected chi connectivity index (χ4v) is 3.73. The maximum Gasteiger partial charge on any atom is 0.255 e. The number of hydrogen-bond donors (Lipinski definition) is 1. The molecule has 0 radical (unpaired) electrons. The van der Waals surface area contributed by atoms with Crippen molar-refractivity contribution in [2.24, 2.45) is 0 Å². The summed E-state index contributed by atoms with van der Waals surface area (Å²) < 4.78 is 32.8. The molecule has 0 heterocycles. The highest BCUT2D eigenvalue weighted by Gasteiger charge is 2.25. The second-order valence-electron chi connectivity index (χ2n) is 7.62. The summed E-state index contributed by atoms with van der Waals surface area (Å²) in [4.78, 5) is 13.5. The fourth-order valence-electron chi connectivity index (χ4n) is 3.47. The molecule has 192 valence electrons. The van der Waals surface area contributed by atoms with Crippen LogP contribution in [-0.4, -0.2) is 40.8 Å². The van der Waals surface area contributed by atoms with Gasteiger partial charge in [0, 0.05) is 38.0 Å². The second-order valence-corrected chi connectivity index (χ2v) is 7.99. The molecule has 0 saturated heterocycles. The van der Waals surface area contributed by atoms with E-state index in [4.69, 9.17) is 40.0 Å². The number of methoxy groups -OCH3 is 3. The SMILES string of the molecule is COCOc1cc(OCOC)c(C(=O)NCc2ccccc2OC)c(COCc2ccccc2)c1Cl. The van der Waals surface area contributed by atoms with Gasteiger partial charge in [-0.15, -0.1) is 0 Å². The van der Waals surface area contributed by atoms with Crippen LogP contribution in [-0.2, 0) is 34.0 Å². The molecule has 1 amide bonds. The molecule has 8 nitrogen and oxygen atoms in total. The predicted molar refractivity (Wildman–Crippen MR) is 136 cm³/mol. The Morgan fingerprint density at radius 2 is 1.50 bits per heavy atom. The molecule has 0 spiro atoms. The van der Waals surface area contributed by atoms with Gasteiger partial charge in [-0.2, -0.15) is 0 Å². The topological polar surface area (TPSA) is 84.5 Å². The van der Waals surface area contributed by atoms with Gasteiger partial charge in [-0.3, -0.25) is 4.79 Å². The maximum atomic E-state index is 13.5. The number of hydrogen-bond acceptors (Lipinski definition) is 7. The van der Waals surface area contributed by atoms with E-state index in [-0.39, 0.29) is 43.1 Å². The van der Waals surface area contributed by atoms with Crippen LogP contribution in [0, 0.1) is 0 Å². The monoisotopic (exact) mass is 515 g/mol. The standard InChI is InChI=1S/C27H30ClNO7/c1-31-17-35-23-13-24(36-18-32-2)26(28)21(16-34-15-19-9-5-4-6-10-19)25(23)27(30)29-14-20-11-7-8-12-22(20)33-3/h4-13H,14-18H2,1-3H3,(H,29,30). The first-order valence-electron chi connectivity index (χ1n) is 11.2. The van der Waals surface area contributed by atoms with E-state index in [0.29, 0.717) is 23.7 Å². The molecule has 0 fully saturated rings. The minimum atomic E-state index is -0.398. The van der Waals surface area contributed by atoms with Crippen molar-refractivity contribution in [2.75, 3.05) is 34.9 Å². The number of para-hydroxylation sites is 1. The Balaban J connectivity index is 1.93. The molecule has 3 aromatic carbocycles. The van der Waals surface area contributed by atoms with Crippen LogP contribution in [0.3, 0.4) is 0 Å². The first kappa shape index (κ1) is 27.3. The first-order valence-corrected chi connectivity index (χ1v) is 11.6. The van der Waals surface area contributed by atoms with E-state index in [1.807, 2.05) is 54.6 Å². The summed E-state index contributed by atoms with van der Waals surface area (Å²) in [5.74, 6) is 0.805. The Bertz CT molecular complexity index is 1120. The van der Waals surface area contributed by atoms with Crippen molar-refractivity contribution in [3.05, 3.63) is 87.9 Å². The lowest BCUT2D eigenvalue weighted by Crippen LogP contribution is -2.26. The Morgan fingerprint density at radius 1 is 0.833 bits per heavy atom. The average Bonchev–Trinajstić information content (AvgIpc) is 2.91. The van der Waals surface area contributed by atoms with Crippen LogP contribution >= 0.6 is 11.6 Å². The Hall–Kier alpha value is -3.30.